The molecule has 0 aromatic heterocycles. The fourth-order valence-electron chi connectivity index (χ4n) is 8.87. The first-order chi connectivity index (χ1) is 13.7. The summed E-state index contributed by atoms with van der Waals surface area (Å²) in [6.45, 7) is 10.5. The molecule has 0 radical (unpaired) electrons. The van der Waals surface area contributed by atoms with Gasteiger partial charge in [-0.2, -0.15) is 0 Å². The number of rotatable bonds is 1. The van der Waals surface area contributed by atoms with Crippen LogP contribution >= 0.6 is 0 Å². The third-order valence-corrected chi connectivity index (χ3v) is 9.95. The van der Waals surface area contributed by atoms with Crippen LogP contribution in [-0.4, -0.2) is 52.0 Å². The van der Waals surface area contributed by atoms with E-state index < -0.39 is 6.10 Å². The predicted octanol–water partition coefficient (Wildman–Crippen LogP) is 3.45. The van der Waals surface area contributed by atoms with E-state index >= 15 is 0 Å². The van der Waals surface area contributed by atoms with Crippen molar-refractivity contribution in [2.75, 3.05) is 13.1 Å². The predicted molar refractivity (Wildman–Crippen MR) is 112 cm³/mol. The van der Waals surface area contributed by atoms with Crippen LogP contribution in [-0.2, 0) is 0 Å². The number of aliphatic hydroxyl groups excluding tert-OH is 2. The summed E-state index contributed by atoms with van der Waals surface area (Å²) in [5, 5.41) is 26.0. The maximum Gasteiger partial charge on any atom is 0.317 e. The van der Waals surface area contributed by atoms with Gasteiger partial charge in [0.25, 0.3) is 0 Å². The van der Waals surface area contributed by atoms with E-state index in [1.165, 1.54) is 0 Å². The standard InChI is InChI=1S/C24H38N2O3/c1-15-16-13-17(27)19-22(2)8-6-9-23(3,25-21(29)26-11-4-5-12-26)18(22)7-10-24(19,14-16)20(15)28/h16-20,27-28H,1,4-14H2,2-3H3,(H,25,29)/t16-,17-,18-,19-,20+,22+,23+,24+/m0/s1. The maximum atomic E-state index is 13.0. The molecule has 5 rings (SSSR count). The maximum absolute atomic E-state index is 13.0. The molecule has 4 aliphatic carbocycles. The summed E-state index contributed by atoms with van der Waals surface area (Å²) in [6.07, 6.45) is 8.12. The van der Waals surface area contributed by atoms with Gasteiger partial charge in [-0.25, -0.2) is 4.79 Å². The second-order valence-electron chi connectivity index (χ2n) is 11.4. The molecule has 1 aliphatic heterocycles. The smallest absolute Gasteiger partial charge is 0.317 e. The van der Waals surface area contributed by atoms with Crippen LogP contribution in [0, 0.1) is 28.6 Å². The van der Waals surface area contributed by atoms with Crippen molar-refractivity contribution >= 4 is 6.03 Å². The van der Waals surface area contributed by atoms with Crippen LogP contribution in [0.3, 0.4) is 0 Å². The summed E-state index contributed by atoms with van der Waals surface area (Å²) in [6, 6.07) is 0.0908. The van der Waals surface area contributed by atoms with Gasteiger partial charge in [0.2, 0.25) is 0 Å². The van der Waals surface area contributed by atoms with Gasteiger partial charge >= 0.3 is 6.03 Å². The average Bonchev–Trinajstić information content (AvgIpc) is 3.25. The Kier molecular flexibility index (Phi) is 4.43. The van der Waals surface area contributed by atoms with E-state index in [1.807, 2.05) is 4.90 Å². The van der Waals surface area contributed by atoms with Gasteiger partial charge in [0.1, 0.15) is 0 Å². The first-order valence-electron chi connectivity index (χ1n) is 11.8. The lowest BCUT2D eigenvalue weighted by Gasteiger charge is -2.65. The molecule has 1 spiro atoms. The molecule has 1 saturated heterocycles. The molecule has 5 fully saturated rings. The van der Waals surface area contributed by atoms with Gasteiger partial charge in [-0.3, -0.25) is 0 Å². The Morgan fingerprint density at radius 1 is 1.14 bits per heavy atom. The number of amides is 2. The highest BCUT2D eigenvalue weighted by molar-refractivity contribution is 5.75. The van der Waals surface area contributed by atoms with Crippen LogP contribution in [0.2, 0.25) is 0 Å². The Bertz CT molecular complexity index is 719. The molecule has 3 N–H and O–H groups in total. The molecule has 2 amide bonds. The third-order valence-electron chi connectivity index (χ3n) is 9.95. The Balaban J connectivity index is 1.47. The second kappa shape index (κ2) is 6.46. The van der Waals surface area contributed by atoms with Crippen LogP contribution in [0.5, 0.6) is 0 Å². The number of urea groups is 1. The number of nitrogens with zero attached hydrogens (tertiary/aromatic N) is 1. The highest BCUT2D eigenvalue weighted by Crippen LogP contribution is 2.70. The lowest BCUT2D eigenvalue weighted by molar-refractivity contribution is -0.195. The van der Waals surface area contributed by atoms with E-state index in [2.05, 4.69) is 25.7 Å². The van der Waals surface area contributed by atoms with Gasteiger partial charge in [0.05, 0.1) is 12.2 Å². The lowest BCUT2D eigenvalue weighted by Crippen LogP contribution is -2.68. The summed E-state index contributed by atoms with van der Waals surface area (Å²) in [5.41, 5.74) is 0.418. The summed E-state index contributed by atoms with van der Waals surface area (Å²) < 4.78 is 0. The minimum atomic E-state index is -0.486. The summed E-state index contributed by atoms with van der Waals surface area (Å²) in [7, 11) is 0. The van der Waals surface area contributed by atoms with Crippen molar-refractivity contribution in [1.82, 2.24) is 10.2 Å². The van der Waals surface area contributed by atoms with Crippen LogP contribution in [0.1, 0.15) is 71.6 Å². The number of fused-ring (bicyclic) bond motifs is 3. The normalized spacial score (nSPS) is 51.5. The van der Waals surface area contributed by atoms with Crippen molar-refractivity contribution < 1.29 is 15.0 Å². The quantitative estimate of drug-likeness (QED) is 0.588. The molecular weight excluding hydrogens is 364 g/mol. The van der Waals surface area contributed by atoms with Crippen molar-refractivity contribution in [2.24, 2.45) is 28.6 Å². The van der Waals surface area contributed by atoms with Gasteiger partial charge in [-0.1, -0.05) is 19.9 Å². The van der Waals surface area contributed by atoms with Crippen LogP contribution in [0.15, 0.2) is 12.2 Å². The number of hydrogen-bond acceptors (Lipinski definition) is 3. The molecule has 0 aromatic rings. The molecular formula is C24H38N2O3. The molecule has 29 heavy (non-hydrogen) atoms. The SMILES string of the molecule is C=C1[C@H]2C[C@H](O)[C@H]3[C@]4(C)CCC[C@@](C)(NC(=O)N5CCCC5)[C@H]4CC[C@]3(C2)[C@@H]1O. The Morgan fingerprint density at radius 2 is 1.86 bits per heavy atom. The van der Waals surface area contributed by atoms with Crippen molar-refractivity contribution in [1.29, 1.82) is 0 Å². The first kappa shape index (κ1) is 19.9. The van der Waals surface area contributed by atoms with Crippen LogP contribution in [0.4, 0.5) is 4.79 Å². The van der Waals surface area contributed by atoms with Crippen LogP contribution < -0.4 is 5.32 Å². The zero-order chi connectivity index (χ0) is 20.6. The third kappa shape index (κ3) is 2.62. The largest absolute Gasteiger partial charge is 0.393 e. The van der Waals surface area contributed by atoms with E-state index in [0.29, 0.717) is 5.92 Å². The molecule has 2 bridgehead atoms. The number of likely N-dealkylation sites (tertiary alicyclic amines) is 1. The van der Waals surface area contributed by atoms with Crippen molar-refractivity contribution in [3.05, 3.63) is 12.2 Å². The van der Waals surface area contributed by atoms with Gasteiger partial charge in [-0.15, -0.1) is 0 Å². The average molecular weight is 403 g/mol. The zero-order valence-corrected chi connectivity index (χ0v) is 18.1. The molecule has 5 heteroatoms. The molecule has 162 valence electrons. The number of aliphatic hydroxyl groups is 2. The molecule has 8 atom stereocenters. The summed E-state index contributed by atoms with van der Waals surface area (Å²) >= 11 is 0. The van der Waals surface area contributed by atoms with Gasteiger partial charge in [0, 0.05) is 24.0 Å². The minimum Gasteiger partial charge on any atom is -0.393 e. The number of carbonyl (C=O) groups is 1. The Morgan fingerprint density at radius 3 is 2.59 bits per heavy atom. The van der Waals surface area contributed by atoms with E-state index in [4.69, 9.17) is 0 Å². The Hall–Kier alpha value is -1.07. The van der Waals surface area contributed by atoms with Crippen molar-refractivity contribution in [3.63, 3.8) is 0 Å². The summed E-state index contributed by atoms with van der Waals surface area (Å²) in [4.78, 5) is 14.9. The van der Waals surface area contributed by atoms with Gasteiger partial charge < -0.3 is 20.4 Å². The molecule has 0 aromatic carbocycles. The number of nitrogens with one attached hydrogen (secondary N) is 1. The van der Waals surface area contributed by atoms with Crippen molar-refractivity contribution in [2.45, 2.75) is 89.4 Å². The van der Waals surface area contributed by atoms with Crippen molar-refractivity contribution in [3.8, 4) is 0 Å². The van der Waals surface area contributed by atoms with Gasteiger partial charge in [-0.05, 0) is 87.0 Å². The molecule has 5 aliphatic rings. The monoisotopic (exact) mass is 402 g/mol. The second-order valence-corrected chi connectivity index (χ2v) is 11.4. The van der Waals surface area contributed by atoms with E-state index in [0.717, 1.165) is 76.5 Å². The molecule has 0 unspecified atom stereocenters. The van der Waals surface area contributed by atoms with Gasteiger partial charge in [0.15, 0.2) is 0 Å². The Labute approximate surface area is 174 Å². The fraction of sp³-hybridized carbons (Fsp3) is 0.875. The summed E-state index contributed by atoms with van der Waals surface area (Å²) in [5.74, 6) is 0.682. The first-order valence-corrected chi connectivity index (χ1v) is 11.8. The molecule has 1 heterocycles. The fourth-order valence-corrected chi connectivity index (χ4v) is 8.87. The van der Waals surface area contributed by atoms with E-state index in [1.54, 1.807) is 0 Å². The topological polar surface area (TPSA) is 72.8 Å². The number of hydrogen-bond donors (Lipinski definition) is 3. The minimum absolute atomic E-state index is 0.0699. The molecule has 5 nitrogen and oxygen atoms in total. The highest BCUT2D eigenvalue weighted by atomic mass is 16.3. The number of carbonyl (C=O) groups excluding carboxylic acids is 1. The van der Waals surface area contributed by atoms with E-state index in [-0.39, 0.29) is 40.3 Å². The molecule has 4 saturated carbocycles. The van der Waals surface area contributed by atoms with E-state index in [9.17, 15) is 15.0 Å². The lowest BCUT2D eigenvalue weighted by atomic mass is 9.41. The zero-order valence-electron chi connectivity index (χ0n) is 18.1. The van der Waals surface area contributed by atoms with Crippen LogP contribution in [0.25, 0.3) is 0 Å². The highest BCUT2D eigenvalue weighted by Gasteiger charge is 2.69.